The van der Waals surface area contributed by atoms with Gasteiger partial charge < -0.3 is 15.1 Å². The molecule has 144 valence electrons. The van der Waals surface area contributed by atoms with E-state index in [1.165, 1.54) is 17.6 Å². The Morgan fingerprint density at radius 3 is 2.79 bits per heavy atom. The Hall–Kier alpha value is -2.84. The zero-order valence-corrected chi connectivity index (χ0v) is 16.7. The zero-order valence-electron chi connectivity index (χ0n) is 15.1. The first-order chi connectivity index (χ1) is 13.6. The number of imidazole rings is 1. The third kappa shape index (κ3) is 4.02. The lowest BCUT2D eigenvalue weighted by atomic mass is 10.2. The topological polar surface area (TPSA) is 84.5 Å². The zero-order chi connectivity index (χ0) is 19.5. The van der Waals surface area contributed by atoms with Crippen molar-refractivity contribution in [2.75, 3.05) is 18.4 Å². The highest BCUT2D eigenvalue weighted by Crippen LogP contribution is 2.25. The number of benzene rings is 1. The molecule has 0 saturated heterocycles. The minimum absolute atomic E-state index is 0.190. The highest BCUT2D eigenvalue weighted by Gasteiger charge is 2.12. The summed E-state index contributed by atoms with van der Waals surface area (Å²) >= 11 is 7.41. The molecule has 0 aliphatic heterocycles. The third-order valence-electron chi connectivity index (χ3n) is 4.17. The average Bonchev–Trinajstić information content (AvgIpc) is 3.36. The van der Waals surface area contributed by atoms with Crippen LogP contribution in [-0.4, -0.2) is 33.6 Å². The summed E-state index contributed by atoms with van der Waals surface area (Å²) in [4.78, 5) is 17.4. The number of amides is 1. The number of carbonyl (C=O) groups is 1. The predicted octanol–water partition coefficient (Wildman–Crippen LogP) is 4.24. The molecule has 0 saturated carbocycles. The number of furan rings is 1. The van der Waals surface area contributed by atoms with Crippen molar-refractivity contribution in [1.82, 2.24) is 19.9 Å². The molecule has 28 heavy (non-hydrogen) atoms. The molecule has 0 aliphatic carbocycles. The summed E-state index contributed by atoms with van der Waals surface area (Å²) in [7, 11) is 0. The van der Waals surface area contributed by atoms with Gasteiger partial charge in [0, 0.05) is 29.2 Å². The van der Waals surface area contributed by atoms with E-state index in [0.29, 0.717) is 23.9 Å². The predicted molar refractivity (Wildman–Crippen MR) is 110 cm³/mol. The van der Waals surface area contributed by atoms with E-state index in [0.717, 1.165) is 33.3 Å². The van der Waals surface area contributed by atoms with Crippen LogP contribution in [0.2, 0.25) is 5.02 Å². The summed E-state index contributed by atoms with van der Waals surface area (Å²) in [6, 6.07) is 9.33. The lowest BCUT2D eigenvalue weighted by molar-refractivity contribution is 0.0925. The van der Waals surface area contributed by atoms with Gasteiger partial charge in [-0.3, -0.25) is 4.79 Å². The van der Waals surface area contributed by atoms with E-state index in [9.17, 15) is 4.79 Å². The Morgan fingerprint density at radius 1 is 1.25 bits per heavy atom. The summed E-state index contributed by atoms with van der Waals surface area (Å²) in [6.07, 6.45) is 4.18. The number of anilines is 1. The van der Waals surface area contributed by atoms with Crippen molar-refractivity contribution in [3.63, 3.8) is 0 Å². The molecule has 7 nitrogen and oxygen atoms in total. The van der Waals surface area contributed by atoms with Crippen LogP contribution in [0.4, 0.5) is 5.13 Å². The van der Waals surface area contributed by atoms with Crippen LogP contribution in [0.3, 0.4) is 0 Å². The van der Waals surface area contributed by atoms with E-state index in [-0.39, 0.29) is 5.91 Å². The molecule has 2 N–H and O–H groups in total. The second-order valence-electron chi connectivity index (χ2n) is 6.24. The number of aromatic nitrogens is 3. The van der Waals surface area contributed by atoms with Gasteiger partial charge in [-0.2, -0.15) is 0 Å². The van der Waals surface area contributed by atoms with Gasteiger partial charge in [0.15, 0.2) is 5.76 Å². The van der Waals surface area contributed by atoms with Crippen LogP contribution in [-0.2, 0) is 0 Å². The first kappa shape index (κ1) is 18.5. The maximum Gasteiger partial charge on any atom is 0.287 e. The molecule has 1 aromatic carbocycles. The molecular formula is C19H18ClN5O2S. The fourth-order valence-corrected chi connectivity index (χ4v) is 3.64. The fraction of sp³-hybridized carbons (Fsp3) is 0.211. The fourth-order valence-electron chi connectivity index (χ4n) is 2.70. The number of rotatable bonds is 7. The molecule has 9 heteroatoms. The van der Waals surface area contributed by atoms with Gasteiger partial charge in [-0.15, -0.1) is 5.10 Å². The molecule has 0 spiro atoms. The Bertz CT molecular complexity index is 1070. The van der Waals surface area contributed by atoms with Gasteiger partial charge in [0.05, 0.1) is 18.2 Å². The van der Waals surface area contributed by atoms with Gasteiger partial charge >= 0.3 is 0 Å². The smallest absolute Gasteiger partial charge is 0.287 e. The molecule has 4 aromatic rings. The molecule has 1 amide bonds. The van der Waals surface area contributed by atoms with Gasteiger partial charge in [0.25, 0.3) is 5.91 Å². The number of halogens is 1. The van der Waals surface area contributed by atoms with E-state index in [1.807, 2.05) is 37.4 Å². The summed E-state index contributed by atoms with van der Waals surface area (Å²) in [5.74, 6) is 0.176. The lowest BCUT2D eigenvalue weighted by Gasteiger charge is -2.04. The maximum atomic E-state index is 12.0. The highest BCUT2D eigenvalue weighted by atomic mass is 35.5. The van der Waals surface area contributed by atoms with Gasteiger partial charge in [-0.1, -0.05) is 35.1 Å². The molecule has 3 heterocycles. The Labute approximate surface area is 170 Å². The molecular weight excluding hydrogens is 398 g/mol. The first-order valence-corrected chi connectivity index (χ1v) is 9.98. The van der Waals surface area contributed by atoms with Gasteiger partial charge in [0.2, 0.25) is 10.1 Å². The summed E-state index contributed by atoms with van der Waals surface area (Å²) in [6.45, 7) is 3.09. The number of carbonyl (C=O) groups excluding carboxylic acids is 1. The van der Waals surface area contributed by atoms with Crippen molar-refractivity contribution in [2.24, 2.45) is 0 Å². The van der Waals surface area contributed by atoms with Gasteiger partial charge in [0.1, 0.15) is 0 Å². The van der Waals surface area contributed by atoms with Crippen LogP contribution < -0.4 is 10.6 Å². The number of aryl methyl sites for hydroxylation is 1. The minimum atomic E-state index is -0.190. The second-order valence-corrected chi connectivity index (χ2v) is 7.63. The van der Waals surface area contributed by atoms with Crippen LogP contribution in [0.1, 0.15) is 22.5 Å². The number of fused-ring (bicyclic) bond motifs is 1. The maximum absolute atomic E-state index is 12.0. The monoisotopic (exact) mass is 415 g/mol. The minimum Gasteiger partial charge on any atom is -0.459 e. The van der Waals surface area contributed by atoms with E-state index >= 15 is 0 Å². The van der Waals surface area contributed by atoms with Crippen molar-refractivity contribution >= 4 is 38.9 Å². The molecule has 0 aliphatic rings. The molecule has 3 aromatic heterocycles. The average molecular weight is 416 g/mol. The van der Waals surface area contributed by atoms with E-state index in [1.54, 1.807) is 10.6 Å². The number of hydrogen-bond donors (Lipinski definition) is 2. The summed E-state index contributed by atoms with van der Waals surface area (Å²) < 4.78 is 6.93. The van der Waals surface area contributed by atoms with Crippen molar-refractivity contribution in [3.8, 4) is 11.3 Å². The standard InChI is InChI=1S/C19H18ClN5O2S/c1-12-7-10-27-16(12)17(26)21-8-2-9-22-18-24-25-11-15(23-19(25)28-18)13-3-5-14(20)6-4-13/h3-7,10-11H,2,8-9H2,1H3,(H,21,26)(H,22,24). The molecule has 0 fully saturated rings. The van der Waals surface area contributed by atoms with E-state index in [2.05, 4.69) is 20.7 Å². The quantitative estimate of drug-likeness (QED) is 0.441. The molecule has 4 rings (SSSR count). The van der Waals surface area contributed by atoms with Crippen LogP contribution in [0.5, 0.6) is 0 Å². The summed E-state index contributed by atoms with van der Waals surface area (Å²) in [5.41, 5.74) is 2.69. The van der Waals surface area contributed by atoms with Crippen LogP contribution in [0.25, 0.3) is 16.2 Å². The second kappa shape index (κ2) is 8.04. The molecule has 0 bridgehead atoms. The highest BCUT2D eigenvalue weighted by molar-refractivity contribution is 7.20. The Kier molecular flexibility index (Phi) is 5.31. The molecule has 0 unspecified atom stereocenters. The first-order valence-electron chi connectivity index (χ1n) is 8.78. The Morgan fingerprint density at radius 2 is 2.07 bits per heavy atom. The number of hydrogen-bond acceptors (Lipinski definition) is 6. The van der Waals surface area contributed by atoms with Crippen molar-refractivity contribution in [2.45, 2.75) is 13.3 Å². The largest absolute Gasteiger partial charge is 0.459 e. The van der Waals surface area contributed by atoms with Crippen LogP contribution in [0, 0.1) is 6.92 Å². The normalized spacial score (nSPS) is 11.1. The lowest BCUT2D eigenvalue weighted by Crippen LogP contribution is -2.26. The van der Waals surface area contributed by atoms with Crippen molar-refractivity contribution in [1.29, 1.82) is 0 Å². The third-order valence-corrected chi connectivity index (χ3v) is 5.30. The number of nitrogens with zero attached hydrogens (tertiary/aromatic N) is 3. The SMILES string of the molecule is Cc1ccoc1C(=O)NCCCNc1nn2cc(-c3ccc(Cl)cc3)nc2s1. The van der Waals surface area contributed by atoms with E-state index in [4.69, 9.17) is 16.0 Å². The van der Waals surface area contributed by atoms with Gasteiger partial charge in [-0.25, -0.2) is 9.50 Å². The Balaban J connectivity index is 1.27. The summed E-state index contributed by atoms with van der Waals surface area (Å²) in [5, 5.41) is 12.1. The van der Waals surface area contributed by atoms with Crippen molar-refractivity contribution < 1.29 is 9.21 Å². The molecule has 0 radical (unpaired) electrons. The van der Waals surface area contributed by atoms with E-state index < -0.39 is 0 Å². The molecule has 0 atom stereocenters. The van der Waals surface area contributed by atoms with Gasteiger partial charge in [-0.05, 0) is 31.5 Å². The van der Waals surface area contributed by atoms with Crippen LogP contribution in [0.15, 0.2) is 47.2 Å². The van der Waals surface area contributed by atoms with Crippen molar-refractivity contribution in [3.05, 3.63) is 59.1 Å². The van der Waals surface area contributed by atoms with Crippen LogP contribution >= 0.6 is 22.9 Å². The number of nitrogens with one attached hydrogen (secondary N) is 2.